The van der Waals surface area contributed by atoms with Crippen LogP contribution in [0.25, 0.3) is 0 Å². The molecule has 0 aliphatic rings. The van der Waals surface area contributed by atoms with Crippen LogP contribution in [0, 0.1) is 6.92 Å². The third-order valence-electron chi connectivity index (χ3n) is 2.13. The molecule has 0 spiro atoms. The smallest absolute Gasteiger partial charge is 0.0847 e. The minimum Gasteiger partial charge on any atom is -0.392 e. The molecule has 1 rings (SSSR count). The van der Waals surface area contributed by atoms with E-state index in [1.165, 1.54) is 0 Å². The van der Waals surface area contributed by atoms with Crippen molar-refractivity contribution in [3.05, 3.63) is 29.1 Å². The number of hydrogen-bond acceptors (Lipinski definition) is 2. The van der Waals surface area contributed by atoms with Crippen molar-refractivity contribution in [3.63, 3.8) is 0 Å². The van der Waals surface area contributed by atoms with Crippen LogP contribution in [0.3, 0.4) is 0 Å². The van der Waals surface area contributed by atoms with E-state index in [-0.39, 0.29) is 0 Å². The van der Waals surface area contributed by atoms with Crippen molar-refractivity contribution in [3.8, 4) is 0 Å². The van der Waals surface area contributed by atoms with Crippen LogP contribution in [-0.4, -0.2) is 21.0 Å². The molecule has 1 unspecified atom stereocenters. The van der Waals surface area contributed by atoms with E-state index in [9.17, 15) is 5.11 Å². The lowest BCUT2D eigenvalue weighted by Gasteiger charge is -2.08. The summed E-state index contributed by atoms with van der Waals surface area (Å²) in [6, 6.07) is 0. The molecule has 0 aliphatic heterocycles. The van der Waals surface area contributed by atoms with Crippen molar-refractivity contribution < 1.29 is 5.11 Å². The molecule has 0 amide bonds. The molecule has 0 aliphatic carbocycles. The summed E-state index contributed by atoms with van der Waals surface area (Å²) in [5, 5.41) is 14.4. The normalized spacial score (nSPS) is 12.9. The van der Waals surface area contributed by atoms with Gasteiger partial charge in [0, 0.05) is 13.5 Å². The molecule has 1 aromatic rings. The Balaban J connectivity index is 2.80. The quantitative estimate of drug-likeness (QED) is 0.777. The van der Waals surface area contributed by atoms with Crippen molar-refractivity contribution in [1.82, 2.24) is 9.78 Å². The molecule has 0 saturated heterocycles. The average molecular weight is 215 g/mol. The fraction of sp³-hybridized carbons (Fsp3) is 0.500. The van der Waals surface area contributed by atoms with E-state index in [1.54, 1.807) is 10.8 Å². The van der Waals surface area contributed by atoms with Crippen molar-refractivity contribution in [1.29, 1.82) is 0 Å². The highest BCUT2D eigenvalue weighted by Crippen LogP contribution is 2.21. The topological polar surface area (TPSA) is 38.1 Å². The molecule has 0 fully saturated rings. The maximum atomic E-state index is 9.59. The summed E-state index contributed by atoms with van der Waals surface area (Å²) in [5.74, 6) is 0. The predicted molar refractivity (Wildman–Crippen MR) is 57.5 cm³/mol. The predicted octanol–water partition coefficient (Wildman–Crippen LogP) is 1.86. The second kappa shape index (κ2) is 4.62. The Hall–Kier alpha value is -0.800. The summed E-state index contributed by atoms with van der Waals surface area (Å²) >= 11 is 6.04. The number of aryl methyl sites for hydroxylation is 2. The minimum atomic E-state index is -0.431. The number of hydrogen-bond donors (Lipinski definition) is 1. The van der Waals surface area contributed by atoms with Gasteiger partial charge in [-0.1, -0.05) is 17.7 Å². The van der Waals surface area contributed by atoms with Gasteiger partial charge in [0.25, 0.3) is 0 Å². The Morgan fingerprint density at radius 1 is 1.71 bits per heavy atom. The molecule has 0 bridgehead atoms. The fourth-order valence-corrected chi connectivity index (χ4v) is 1.64. The zero-order valence-corrected chi connectivity index (χ0v) is 9.25. The Labute approximate surface area is 89.0 Å². The first-order chi connectivity index (χ1) is 6.56. The summed E-state index contributed by atoms with van der Waals surface area (Å²) in [6.07, 6.45) is 2.35. The van der Waals surface area contributed by atoms with Crippen LogP contribution in [0.2, 0.25) is 5.02 Å². The van der Waals surface area contributed by atoms with E-state index in [1.807, 2.05) is 14.0 Å². The zero-order chi connectivity index (χ0) is 10.7. The van der Waals surface area contributed by atoms with Gasteiger partial charge in [-0.3, -0.25) is 4.68 Å². The highest BCUT2D eigenvalue weighted by Gasteiger charge is 2.14. The van der Waals surface area contributed by atoms with E-state index in [0.717, 1.165) is 11.4 Å². The van der Waals surface area contributed by atoms with Crippen LogP contribution in [0.1, 0.15) is 17.8 Å². The first-order valence-electron chi connectivity index (χ1n) is 4.53. The van der Waals surface area contributed by atoms with E-state index in [2.05, 4.69) is 11.7 Å². The summed E-state index contributed by atoms with van der Waals surface area (Å²) in [7, 11) is 1.83. The Morgan fingerprint density at radius 2 is 2.36 bits per heavy atom. The van der Waals surface area contributed by atoms with Crippen LogP contribution < -0.4 is 0 Å². The largest absolute Gasteiger partial charge is 0.392 e. The third-order valence-corrected chi connectivity index (χ3v) is 2.62. The molecule has 0 aromatic carbocycles. The summed E-state index contributed by atoms with van der Waals surface area (Å²) in [4.78, 5) is 0. The molecule has 4 heteroatoms. The molecule has 1 atom stereocenters. The van der Waals surface area contributed by atoms with Gasteiger partial charge in [0.05, 0.1) is 22.5 Å². The maximum absolute atomic E-state index is 9.59. The first kappa shape index (κ1) is 11.3. The molecule has 78 valence electrons. The van der Waals surface area contributed by atoms with E-state index in [0.29, 0.717) is 17.9 Å². The molecule has 0 radical (unpaired) electrons. The molecule has 14 heavy (non-hydrogen) atoms. The highest BCUT2D eigenvalue weighted by atomic mass is 35.5. The summed E-state index contributed by atoms with van der Waals surface area (Å²) in [5.41, 5.74) is 1.67. The maximum Gasteiger partial charge on any atom is 0.0847 e. The lowest BCUT2D eigenvalue weighted by Crippen LogP contribution is -2.12. The van der Waals surface area contributed by atoms with E-state index >= 15 is 0 Å². The highest BCUT2D eigenvalue weighted by molar-refractivity contribution is 6.31. The summed E-state index contributed by atoms with van der Waals surface area (Å²) in [6.45, 7) is 5.43. The van der Waals surface area contributed by atoms with Crippen molar-refractivity contribution >= 4 is 11.6 Å². The molecular weight excluding hydrogens is 200 g/mol. The summed E-state index contributed by atoms with van der Waals surface area (Å²) < 4.78 is 1.71. The number of aromatic nitrogens is 2. The second-order valence-corrected chi connectivity index (χ2v) is 3.73. The molecule has 3 nitrogen and oxygen atoms in total. The van der Waals surface area contributed by atoms with E-state index < -0.39 is 6.10 Å². The molecule has 1 heterocycles. The SMILES string of the molecule is C=CCC(O)Cc1c(Cl)c(C)nn1C. The van der Waals surface area contributed by atoms with Gasteiger partial charge in [-0.25, -0.2) is 0 Å². The first-order valence-corrected chi connectivity index (χ1v) is 4.91. The molecular formula is C10H15ClN2O. The van der Waals surface area contributed by atoms with Crippen LogP contribution >= 0.6 is 11.6 Å². The number of aliphatic hydroxyl groups is 1. The zero-order valence-electron chi connectivity index (χ0n) is 8.50. The Morgan fingerprint density at radius 3 is 2.79 bits per heavy atom. The molecule has 0 saturated carbocycles. The average Bonchev–Trinajstić information content (AvgIpc) is 2.33. The Bertz CT molecular complexity index is 333. The van der Waals surface area contributed by atoms with Gasteiger partial charge in [-0.2, -0.15) is 5.10 Å². The van der Waals surface area contributed by atoms with Crippen molar-refractivity contribution in [2.24, 2.45) is 7.05 Å². The number of aliphatic hydroxyl groups excluding tert-OH is 1. The van der Waals surface area contributed by atoms with Gasteiger partial charge in [0.2, 0.25) is 0 Å². The van der Waals surface area contributed by atoms with Gasteiger partial charge >= 0.3 is 0 Å². The van der Waals surface area contributed by atoms with Crippen molar-refractivity contribution in [2.45, 2.75) is 25.9 Å². The van der Waals surface area contributed by atoms with Crippen LogP contribution in [0.5, 0.6) is 0 Å². The van der Waals surface area contributed by atoms with Crippen molar-refractivity contribution in [2.75, 3.05) is 0 Å². The van der Waals surface area contributed by atoms with Gasteiger partial charge in [0.1, 0.15) is 0 Å². The third kappa shape index (κ3) is 2.36. The van der Waals surface area contributed by atoms with Crippen LogP contribution in [-0.2, 0) is 13.5 Å². The van der Waals surface area contributed by atoms with E-state index in [4.69, 9.17) is 11.6 Å². The number of nitrogens with zero attached hydrogens (tertiary/aromatic N) is 2. The van der Waals surface area contributed by atoms with Crippen LogP contribution in [0.4, 0.5) is 0 Å². The Kier molecular flexibility index (Phi) is 3.72. The molecule has 1 aromatic heterocycles. The lowest BCUT2D eigenvalue weighted by atomic mass is 10.1. The minimum absolute atomic E-state index is 0.431. The monoisotopic (exact) mass is 214 g/mol. The van der Waals surface area contributed by atoms with Gasteiger partial charge in [0.15, 0.2) is 0 Å². The molecule has 1 N–H and O–H groups in total. The fourth-order valence-electron chi connectivity index (χ4n) is 1.40. The van der Waals surface area contributed by atoms with Crippen LogP contribution in [0.15, 0.2) is 12.7 Å². The number of rotatable bonds is 4. The van der Waals surface area contributed by atoms with Gasteiger partial charge in [-0.15, -0.1) is 6.58 Å². The van der Waals surface area contributed by atoms with Gasteiger partial charge in [-0.05, 0) is 13.3 Å². The lowest BCUT2D eigenvalue weighted by molar-refractivity contribution is 0.176. The standard InChI is InChI=1S/C10H15ClN2O/c1-4-5-8(14)6-9-10(11)7(2)12-13(9)3/h4,8,14H,1,5-6H2,2-3H3. The second-order valence-electron chi connectivity index (χ2n) is 3.35. The number of halogens is 1. The van der Waals surface area contributed by atoms with Gasteiger partial charge < -0.3 is 5.11 Å².